The molecule has 1 aromatic carbocycles. The Kier molecular flexibility index (Phi) is 4.71. The molecule has 5 nitrogen and oxygen atoms in total. The zero-order valence-corrected chi connectivity index (χ0v) is 10.8. The standard InChI is InChI=1S/C13H18N2O3/c1-4-11(13(17)18-3)15-12(16)9-5-6-10(14)8(2)7-9/h5-7,11H,4,14H2,1-3H3,(H,15,16). The van der Waals surface area contributed by atoms with Gasteiger partial charge in [0.2, 0.25) is 0 Å². The van der Waals surface area contributed by atoms with Crippen molar-refractivity contribution < 1.29 is 14.3 Å². The van der Waals surface area contributed by atoms with Crippen molar-refractivity contribution in [3.63, 3.8) is 0 Å². The molecule has 1 atom stereocenters. The van der Waals surface area contributed by atoms with Crippen molar-refractivity contribution in [2.24, 2.45) is 0 Å². The van der Waals surface area contributed by atoms with Gasteiger partial charge in [0.15, 0.2) is 0 Å². The van der Waals surface area contributed by atoms with E-state index in [2.05, 4.69) is 10.1 Å². The highest BCUT2D eigenvalue weighted by Crippen LogP contribution is 2.12. The maximum absolute atomic E-state index is 11.9. The maximum Gasteiger partial charge on any atom is 0.328 e. The van der Waals surface area contributed by atoms with E-state index < -0.39 is 12.0 Å². The molecule has 0 spiro atoms. The van der Waals surface area contributed by atoms with Crippen LogP contribution in [0.2, 0.25) is 0 Å². The average molecular weight is 250 g/mol. The highest BCUT2D eigenvalue weighted by Gasteiger charge is 2.20. The molecule has 1 aromatic rings. The highest BCUT2D eigenvalue weighted by atomic mass is 16.5. The molecule has 0 aliphatic carbocycles. The van der Waals surface area contributed by atoms with Crippen LogP contribution in [0.5, 0.6) is 0 Å². The van der Waals surface area contributed by atoms with Crippen molar-refractivity contribution in [1.82, 2.24) is 5.32 Å². The number of esters is 1. The van der Waals surface area contributed by atoms with Gasteiger partial charge in [0.1, 0.15) is 6.04 Å². The number of methoxy groups -OCH3 is 1. The number of ether oxygens (including phenoxy) is 1. The molecule has 98 valence electrons. The van der Waals surface area contributed by atoms with Crippen LogP contribution in [-0.4, -0.2) is 25.0 Å². The molecule has 5 heteroatoms. The molecule has 1 amide bonds. The summed E-state index contributed by atoms with van der Waals surface area (Å²) < 4.78 is 4.61. The Morgan fingerprint density at radius 1 is 1.44 bits per heavy atom. The first-order valence-corrected chi connectivity index (χ1v) is 5.74. The molecule has 0 heterocycles. The lowest BCUT2D eigenvalue weighted by molar-refractivity contribution is -0.142. The second-order valence-electron chi connectivity index (χ2n) is 4.03. The Morgan fingerprint density at radius 2 is 2.11 bits per heavy atom. The molecule has 0 aromatic heterocycles. The largest absolute Gasteiger partial charge is 0.467 e. The van der Waals surface area contributed by atoms with Crippen LogP contribution in [0.1, 0.15) is 29.3 Å². The second-order valence-corrected chi connectivity index (χ2v) is 4.03. The van der Waals surface area contributed by atoms with E-state index in [1.165, 1.54) is 7.11 Å². The molecule has 0 saturated heterocycles. The molecule has 0 bridgehead atoms. The number of nitrogens with two attached hydrogens (primary N) is 1. The van der Waals surface area contributed by atoms with Gasteiger partial charge in [0.05, 0.1) is 7.11 Å². The van der Waals surface area contributed by atoms with Gasteiger partial charge in [0, 0.05) is 11.3 Å². The van der Waals surface area contributed by atoms with Gasteiger partial charge >= 0.3 is 5.97 Å². The summed E-state index contributed by atoms with van der Waals surface area (Å²) in [6, 6.07) is 4.36. The number of nitrogen functional groups attached to an aromatic ring is 1. The number of amides is 1. The van der Waals surface area contributed by atoms with Crippen LogP contribution in [0.3, 0.4) is 0 Å². The molecular weight excluding hydrogens is 232 g/mol. The van der Waals surface area contributed by atoms with Crippen molar-refractivity contribution in [2.75, 3.05) is 12.8 Å². The minimum atomic E-state index is -0.625. The summed E-state index contributed by atoms with van der Waals surface area (Å²) in [5.41, 5.74) is 7.61. The zero-order chi connectivity index (χ0) is 13.7. The zero-order valence-electron chi connectivity index (χ0n) is 10.8. The Bertz CT molecular complexity index is 458. The molecule has 0 radical (unpaired) electrons. The molecule has 1 unspecified atom stereocenters. The summed E-state index contributed by atoms with van der Waals surface area (Å²) in [5.74, 6) is -0.756. The fourth-order valence-electron chi connectivity index (χ4n) is 1.53. The van der Waals surface area contributed by atoms with Gasteiger partial charge in [0.25, 0.3) is 5.91 Å². The van der Waals surface area contributed by atoms with E-state index in [4.69, 9.17) is 5.73 Å². The van der Waals surface area contributed by atoms with Gasteiger partial charge in [-0.3, -0.25) is 4.79 Å². The number of aryl methyl sites for hydroxylation is 1. The molecule has 0 saturated carbocycles. The minimum Gasteiger partial charge on any atom is -0.467 e. The Hall–Kier alpha value is -2.04. The van der Waals surface area contributed by atoms with E-state index in [1.807, 2.05) is 6.92 Å². The van der Waals surface area contributed by atoms with Crippen molar-refractivity contribution in [1.29, 1.82) is 0 Å². The topological polar surface area (TPSA) is 81.4 Å². The third-order valence-corrected chi connectivity index (χ3v) is 2.73. The second kappa shape index (κ2) is 6.05. The highest BCUT2D eigenvalue weighted by molar-refractivity contribution is 5.97. The quantitative estimate of drug-likeness (QED) is 0.622. The average Bonchev–Trinajstić information content (AvgIpc) is 2.37. The third-order valence-electron chi connectivity index (χ3n) is 2.73. The van der Waals surface area contributed by atoms with E-state index in [0.29, 0.717) is 17.7 Å². The number of carbonyl (C=O) groups excluding carboxylic acids is 2. The monoisotopic (exact) mass is 250 g/mol. The lowest BCUT2D eigenvalue weighted by atomic mass is 10.1. The van der Waals surface area contributed by atoms with Gasteiger partial charge in [-0.05, 0) is 37.1 Å². The maximum atomic E-state index is 11.9. The number of rotatable bonds is 4. The van der Waals surface area contributed by atoms with Gasteiger partial charge in [-0.1, -0.05) is 6.92 Å². The number of hydrogen-bond donors (Lipinski definition) is 2. The molecule has 0 aliphatic rings. The molecular formula is C13H18N2O3. The molecule has 1 rings (SSSR count). The lowest BCUT2D eigenvalue weighted by Gasteiger charge is -2.14. The SMILES string of the molecule is CCC(NC(=O)c1ccc(N)c(C)c1)C(=O)OC. The first kappa shape index (κ1) is 14.0. The van der Waals surface area contributed by atoms with E-state index in [1.54, 1.807) is 25.1 Å². The predicted molar refractivity (Wildman–Crippen MR) is 69.2 cm³/mol. The fourth-order valence-corrected chi connectivity index (χ4v) is 1.53. The summed E-state index contributed by atoms with van der Waals surface area (Å²) >= 11 is 0. The summed E-state index contributed by atoms with van der Waals surface area (Å²) in [5, 5.41) is 2.63. The van der Waals surface area contributed by atoms with Gasteiger partial charge < -0.3 is 15.8 Å². The van der Waals surface area contributed by atoms with Crippen LogP contribution in [-0.2, 0) is 9.53 Å². The summed E-state index contributed by atoms with van der Waals surface area (Å²) in [6.45, 7) is 3.62. The first-order chi connectivity index (χ1) is 8.49. The van der Waals surface area contributed by atoms with Gasteiger partial charge in [-0.15, -0.1) is 0 Å². The fraction of sp³-hybridized carbons (Fsp3) is 0.385. The van der Waals surface area contributed by atoms with Crippen molar-refractivity contribution >= 4 is 17.6 Å². The normalized spacial score (nSPS) is 11.7. The van der Waals surface area contributed by atoms with Crippen LogP contribution < -0.4 is 11.1 Å². The lowest BCUT2D eigenvalue weighted by Crippen LogP contribution is -2.41. The smallest absolute Gasteiger partial charge is 0.328 e. The molecule has 18 heavy (non-hydrogen) atoms. The van der Waals surface area contributed by atoms with E-state index >= 15 is 0 Å². The minimum absolute atomic E-state index is 0.310. The van der Waals surface area contributed by atoms with Crippen molar-refractivity contribution in [3.05, 3.63) is 29.3 Å². The first-order valence-electron chi connectivity index (χ1n) is 5.74. The van der Waals surface area contributed by atoms with Gasteiger partial charge in [-0.25, -0.2) is 4.79 Å². The number of nitrogens with one attached hydrogen (secondary N) is 1. The van der Waals surface area contributed by atoms with E-state index in [9.17, 15) is 9.59 Å². The third kappa shape index (κ3) is 3.23. The predicted octanol–water partition coefficient (Wildman–Crippen LogP) is 1.26. The Balaban J connectivity index is 2.81. The Labute approximate surface area is 106 Å². The Morgan fingerprint density at radius 3 is 2.61 bits per heavy atom. The van der Waals surface area contributed by atoms with E-state index in [0.717, 1.165) is 5.56 Å². The summed E-state index contributed by atoms with van der Waals surface area (Å²) in [7, 11) is 1.30. The van der Waals surface area contributed by atoms with E-state index in [-0.39, 0.29) is 5.91 Å². The number of carbonyl (C=O) groups is 2. The van der Waals surface area contributed by atoms with Crippen molar-refractivity contribution in [2.45, 2.75) is 26.3 Å². The van der Waals surface area contributed by atoms with Gasteiger partial charge in [-0.2, -0.15) is 0 Å². The molecule has 0 aliphatic heterocycles. The van der Waals surface area contributed by atoms with Crippen LogP contribution in [0.15, 0.2) is 18.2 Å². The van der Waals surface area contributed by atoms with Crippen LogP contribution in [0.25, 0.3) is 0 Å². The molecule has 3 N–H and O–H groups in total. The van der Waals surface area contributed by atoms with Crippen molar-refractivity contribution in [3.8, 4) is 0 Å². The number of hydrogen-bond acceptors (Lipinski definition) is 4. The summed E-state index contributed by atoms with van der Waals surface area (Å²) in [6.07, 6.45) is 0.479. The molecule has 0 fully saturated rings. The van der Waals surface area contributed by atoms with Crippen LogP contribution >= 0.6 is 0 Å². The van der Waals surface area contributed by atoms with Crippen LogP contribution in [0, 0.1) is 6.92 Å². The van der Waals surface area contributed by atoms with Crippen LogP contribution in [0.4, 0.5) is 5.69 Å². The summed E-state index contributed by atoms with van der Waals surface area (Å²) in [4.78, 5) is 23.3. The number of benzene rings is 1. The number of anilines is 1.